The molecule has 0 aliphatic carbocycles. The average Bonchev–Trinajstić information content (AvgIpc) is 3.27. The van der Waals surface area contributed by atoms with Gasteiger partial charge in [-0.3, -0.25) is 4.57 Å². The monoisotopic (exact) mass is 465 g/mol. The van der Waals surface area contributed by atoms with Crippen LogP contribution in [0.3, 0.4) is 0 Å². The van der Waals surface area contributed by atoms with Crippen molar-refractivity contribution in [2.75, 3.05) is 19.6 Å². The molecule has 0 saturated carbocycles. The molecule has 0 spiro atoms. The first-order chi connectivity index (χ1) is 18.2. The van der Waals surface area contributed by atoms with Crippen molar-refractivity contribution < 1.29 is 14.3 Å². The van der Waals surface area contributed by atoms with Crippen LogP contribution in [0.1, 0.15) is 54.3 Å². The van der Waals surface area contributed by atoms with Crippen molar-refractivity contribution in [3.63, 3.8) is 0 Å². The topological polar surface area (TPSA) is 41.0 Å². The first kappa shape index (κ1) is 18.1. The zero-order valence-corrected chi connectivity index (χ0v) is 18.8. The number of hydrogen-bond donors (Lipinski definition) is 1. The highest BCUT2D eigenvalue weighted by Gasteiger charge is 2.24. The molecule has 1 aromatic heterocycles. The number of aromatic nitrogens is 2. The summed E-state index contributed by atoms with van der Waals surface area (Å²) in [4.78, 5) is 17.7. The minimum atomic E-state index is -0.410. The molecule has 0 atom stereocenters. The minimum absolute atomic E-state index is 0.0223. The third-order valence-corrected chi connectivity index (χ3v) is 6.79. The molecule has 0 radical (unpaired) electrons. The number of likely N-dealkylation sites (tertiary alicyclic amines) is 1. The molecular formula is C28H29F2N3O. The van der Waals surface area contributed by atoms with Gasteiger partial charge in [0.1, 0.15) is 11.6 Å². The van der Waals surface area contributed by atoms with Gasteiger partial charge in [0.25, 0.3) is 0 Å². The summed E-state index contributed by atoms with van der Waals surface area (Å²) in [5, 5.41) is 0. The van der Waals surface area contributed by atoms with E-state index in [4.69, 9.17) is 5.48 Å². The summed E-state index contributed by atoms with van der Waals surface area (Å²) >= 11 is 0. The standard InChI is InChI=1S/C28H29F2N3O/c29-22-11-7-20(8-12-22)25(21-9-13-23(30)14-10-21)4-3-17-32-18-15-24(16-19-32)33-27-6-2-1-5-26(27)31-28(33)34/h1-2,5-14,24-25H,3-4,15-19H2,(H,31,34)/i1D,2D,5D,6D. The summed E-state index contributed by atoms with van der Waals surface area (Å²) in [5.74, 6) is -0.562. The van der Waals surface area contributed by atoms with E-state index in [-0.39, 0.29) is 58.8 Å². The van der Waals surface area contributed by atoms with Crippen molar-refractivity contribution in [2.45, 2.75) is 37.6 Å². The Kier molecular flexibility index (Phi) is 5.30. The highest BCUT2D eigenvalue weighted by Crippen LogP contribution is 2.31. The molecule has 4 nitrogen and oxygen atoms in total. The summed E-state index contributed by atoms with van der Waals surface area (Å²) in [6.45, 7) is 2.35. The van der Waals surface area contributed by atoms with Crippen LogP contribution in [-0.2, 0) is 0 Å². The van der Waals surface area contributed by atoms with Crippen LogP contribution >= 0.6 is 0 Å². The Morgan fingerprint density at radius 3 is 2.15 bits per heavy atom. The molecule has 0 bridgehead atoms. The van der Waals surface area contributed by atoms with Crippen molar-refractivity contribution in [3.05, 3.63) is 106 Å². The van der Waals surface area contributed by atoms with Gasteiger partial charge >= 0.3 is 5.69 Å². The highest BCUT2D eigenvalue weighted by atomic mass is 19.1. The second-order valence-corrected chi connectivity index (χ2v) is 8.89. The Morgan fingerprint density at radius 1 is 0.941 bits per heavy atom. The fourth-order valence-corrected chi connectivity index (χ4v) is 5.03. The van der Waals surface area contributed by atoms with Crippen molar-refractivity contribution >= 4 is 11.0 Å². The maximum atomic E-state index is 13.5. The number of nitrogens with one attached hydrogen (secondary N) is 1. The van der Waals surface area contributed by atoms with Gasteiger partial charge in [0.2, 0.25) is 0 Å². The fraction of sp³-hybridized carbons (Fsp3) is 0.321. The quantitative estimate of drug-likeness (QED) is 0.372. The number of imidazole rings is 1. The normalized spacial score (nSPS) is 17.0. The maximum Gasteiger partial charge on any atom is 0.326 e. The van der Waals surface area contributed by atoms with Gasteiger partial charge in [-0.1, -0.05) is 36.4 Å². The number of fused-ring (bicyclic) bond motifs is 1. The molecule has 2 heterocycles. The van der Waals surface area contributed by atoms with Crippen LogP contribution in [-0.4, -0.2) is 34.1 Å². The number of hydrogen-bond acceptors (Lipinski definition) is 2. The predicted octanol–water partition coefficient (Wildman–Crippen LogP) is 5.86. The van der Waals surface area contributed by atoms with Crippen molar-refractivity contribution in [2.24, 2.45) is 0 Å². The van der Waals surface area contributed by atoms with Gasteiger partial charge in [0.15, 0.2) is 0 Å². The van der Waals surface area contributed by atoms with E-state index in [9.17, 15) is 13.6 Å². The molecule has 4 aromatic rings. The van der Waals surface area contributed by atoms with E-state index in [1.165, 1.54) is 28.8 Å². The van der Waals surface area contributed by atoms with E-state index in [1.807, 2.05) is 0 Å². The third kappa shape index (κ3) is 4.82. The lowest BCUT2D eigenvalue weighted by molar-refractivity contribution is 0.183. The highest BCUT2D eigenvalue weighted by molar-refractivity contribution is 5.75. The largest absolute Gasteiger partial charge is 0.326 e. The van der Waals surface area contributed by atoms with Crippen LogP contribution in [0, 0.1) is 11.6 Å². The Balaban J connectivity index is 1.25. The molecule has 0 unspecified atom stereocenters. The van der Waals surface area contributed by atoms with Gasteiger partial charge in [-0.2, -0.15) is 0 Å². The molecule has 176 valence electrons. The Bertz CT molecular complexity index is 1450. The lowest BCUT2D eigenvalue weighted by atomic mass is 9.87. The van der Waals surface area contributed by atoms with E-state index in [2.05, 4.69) is 9.88 Å². The maximum absolute atomic E-state index is 13.5. The smallest absolute Gasteiger partial charge is 0.306 e. The number of piperidine rings is 1. The molecule has 1 aliphatic heterocycles. The minimum Gasteiger partial charge on any atom is -0.306 e. The lowest BCUT2D eigenvalue weighted by Crippen LogP contribution is -2.37. The van der Waals surface area contributed by atoms with Crippen LogP contribution < -0.4 is 5.69 Å². The molecular weight excluding hydrogens is 432 g/mol. The Hall–Kier alpha value is -3.25. The number of rotatable bonds is 7. The fourth-order valence-electron chi connectivity index (χ4n) is 5.03. The predicted molar refractivity (Wildman–Crippen MR) is 131 cm³/mol. The zero-order valence-electron chi connectivity index (χ0n) is 22.8. The number of para-hydroxylation sites is 2. The van der Waals surface area contributed by atoms with Crippen molar-refractivity contribution in [1.82, 2.24) is 14.5 Å². The van der Waals surface area contributed by atoms with E-state index < -0.39 is 5.69 Å². The van der Waals surface area contributed by atoms with E-state index in [1.54, 1.807) is 24.3 Å². The molecule has 0 amide bonds. The molecule has 3 aromatic carbocycles. The SMILES string of the molecule is [2H]c1c([2H])c([2H])c2c([nH]c(=O)n2C2CCN(CCCC(c3ccc(F)cc3)c3ccc(F)cc3)CC2)c1[2H]. The average molecular weight is 466 g/mol. The van der Waals surface area contributed by atoms with Crippen LogP contribution in [0.2, 0.25) is 0 Å². The van der Waals surface area contributed by atoms with Crippen LogP contribution in [0.4, 0.5) is 8.78 Å². The van der Waals surface area contributed by atoms with Crippen LogP contribution in [0.15, 0.2) is 77.5 Å². The number of nitrogens with zero attached hydrogens (tertiary/aromatic N) is 2. The molecule has 6 heteroatoms. The molecule has 5 rings (SSSR count). The third-order valence-electron chi connectivity index (χ3n) is 6.79. The number of aromatic amines is 1. The van der Waals surface area contributed by atoms with Gasteiger partial charge in [0, 0.05) is 25.0 Å². The van der Waals surface area contributed by atoms with Gasteiger partial charge in [0.05, 0.1) is 16.5 Å². The molecule has 1 fully saturated rings. The number of halogens is 2. The summed E-state index contributed by atoms with van der Waals surface area (Å²) in [7, 11) is 0. The van der Waals surface area contributed by atoms with Crippen molar-refractivity contribution in [3.8, 4) is 0 Å². The van der Waals surface area contributed by atoms with Crippen LogP contribution in [0.25, 0.3) is 11.0 Å². The summed E-state index contributed by atoms with van der Waals surface area (Å²) in [5.41, 5.74) is 1.95. The first-order valence-corrected chi connectivity index (χ1v) is 11.7. The molecule has 1 aliphatic rings. The Labute approximate surface area is 203 Å². The van der Waals surface area contributed by atoms with Gasteiger partial charge in [-0.25, -0.2) is 13.6 Å². The second kappa shape index (κ2) is 9.94. The zero-order chi connectivity index (χ0) is 27.0. The molecule has 34 heavy (non-hydrogen) atoms. The lowest BCUT2D eigenvalue weighted by Gasteiger charge is -2.32. The molecule has 1 saturated heterocycles. The van der Waals surface area contributed by atoms with Gasteiger partial charge < -0.3 is 9.88 Å². The first-order valence-electron chi connectivity index (χ1n) is 13.7. The Morgan fingerprint density at radius 2 is 1.53 bits per heavy atom. The van der Waals surface area contributed by atoms with E-state index in [0.717, 1.165) is 43.6 Å². The summed E-state index contributed by atoms with van der Waals surface area (Å²) in [6, 6.07) is 11.6. The number of H-pyrrole nitrogens is 1. The second-order valence-electron chi connectivity index (χ2n) is 8.89. The summed E-state index contributed by atoms with van der Waals surface area (Å²) in [6.07, 6.45) is 3.07. The summed E-state index contributed by atoms with van der Waals surface area (Å²) < 4.78 is 60.8. The van der Waals surface area contributed by atoms with E-state index in [0.29, 0.717) is 12.8 Å². The van der Waals surface area contributed by atoms with Gasteiger partial charge in [-0.15, -0.1) is 0 Å². The molecule has 1 N–H and O–H groups in total. The van der Waals surface area contributed by atoms with Crippen LogP contribution in [0.5, 0.6) is 0 Å². The van der Waals surface area contributed by atoms with E-state index >= 15 is 0 Å². The van der Waals surface area contributed by atoms with Gasteiger partial charge in [-0.05, 0) is 79.7 Å². The number of benzene rings is 3. The van der Waals surface area contributed by atoms with Crippen molar-refractivity contribution in [1.29, 1.82) is 0 Å².